The van der Waals surface area contributed by atoms with Crippen LogP contribution in [-0.2, 0) is 94.5 Å². The molecule has 2 atom stereocenters. The van der Waals surface area contributed by atoms with Gasteiger partial charge in [0, 0.05) is 32.6 Å². The van der Waals surface area contributed by atoms with Crippen LogP contribution in [0.25, 0.3) is 10.8 Å². The molecule has 10 aliphatic rings. The second-order valence-corrected chi connectivity index (χ2v) is 39.3. The summed E-state index contributed by atoms with van der Waals surface area (Å²) in [5.74, 6) is 8.42. The van der Waals surface area contributed by atoms with E-state index in [0.29, 0.717) is 46.5 Å². The van der Waals surface area contributed by atoms with Crippen molar-refractivity contribution in [3.63, 3.8) is 0 Å². The highest BCUT2D eigenvalue weighted by Crippen LogP contribution is 2.61. The monoisotopic (exact) mass is 1450 g/mol. The lowest BCUT2D eigenvalue weighted by atomic mass is 9.49. The average Bonchev–Trinajstić information content (AvgIpc) is 0.996. The first-order chi connectivity index (χ1) is 46.6. The maximum absolute atomic E-state index is 13.3. The molecule has 13 rings (SSSR count). The van der Waals surface area contributed by atoms with Crippen LogP contribution in [-0.4, -0.2) is 134 Å². The van der Waals surface area contributed by atoms with Gasteiger partial charge >= 0.3 is 35.8 Å². The number of hydrogen-bond donors (Lipinski definition) is 0. The molecule has 8 bridgehead atoms. The molecular weight excluding hydrogens is 1350 g/mol. The summed E-state index contributed by atoms with van der Waals surface area (Å²) < 4.78 is 99.9. The summed E-state index contributed by atoms with van der Waals surface area (Å²) in [7, 11) is -8.05. The summed E-state index contributed by atoms with van der Waals surface area (Å²) in [6.07, 6.45) is 20.5. The third-order valence-corrected chi connectivity index (χ3v) is 26.8. The molecule has 0 radical (unpaired) electrons. The van der Waals surface area contributed by atoms with E-state index in [9.17, 15) is 54.7 Å². The van der Waals surface area contributed by atoms with Crippen LogP contribution in [0.1, 0.15) is 208 Å². The minimum atomic E-state index is -4.41. The number of esters is 6. The van der Waals surface area contributed by atoms with E-state index >= 15 is 0 Å². The number of carbonyl (C=O) groups is 6. The van der Waals surface area contributed by atoms with Crippen LogP contribution in [0.5, 0.6) is 11.5 Å². The maximum Gasteiger partial charge on any atom is 0.344 e. The van der Waals surface area contributed by atoms with Gasteiger partial charge in [-0.05, 0) is 223 Å². The lowest BCUT2D eigenvalue weighted by Gasteiger charge is -2.55. The summed E-state index contributed by atoms with van der Waals surface area (Å²) in [5.41, 5.74) is 1.72. The number of hydrogen-bond acceptors (Lipinski definition) is 19. The Kier molecular flexibility index (Phi) is 28.6. The van der Waals surface area contributed by atoms with E-state index in [1.54, 1.807) is 13.8 Å². The SMILES string of the molecule is CCC(CC(=O)OCCS(=O)(=O)[O-])OC(=O)CC(C)(C)C.CCC(CC(=O)OCCS(=O)(=O)[O-])OC(=O)CC(C)(C)C.Cc1cc([S+]2CCCCC2)cc(C)c1OC(=O)C12CC3CC(CC(C3)C1)C2.O=C(COc1ccc([S+]2CCCC2)c2ccccc12)OC1C2CC3CC(C2)CC1C3. The molecule has 8 aliphatic carbocycles. The number of rotatable bonds is 24. The van der Waals surface area contributed by atoms with Crippen molar-refractivity contribution in [1.82, 2.24) is 0 Å². The molecule has 2 unspecified atom stereocenters. The summed E-state index contributed by atoms with van der Waals surface area (Å²) >= 11 is 0. The van der Waals surface area contributed by atoms with Crippen molar-refractivity contribution >= 4 is 88.6 Å². The first-order valence-corrected chi connectivity index (χ1v) is 42.5. The van der Waals surface area contributed by atoms with E-state index in [1.165, 1.54) is 122 Å². The Bertz CT molecular complexity index is 3310. The Balaban J connectivity index is 0.000000171. The molecule has 99 heavy (non-hydrogen) atoms. The van der Waals surface area contributed by atoms with Gasteiger partial charge in [-0.25, -0.2) is 21.6 Å². The average molecular weight is 1460 g/mol. The van der Waals surface area contributed by atoms with Crippen LogP contribution in [0.4, 0.5) is 0 Å². The van der Waals surface area contributed by atoms with E-state index < -0.39 is 81.0 Å². The minimum absolute atomic E-state index is 0.0118. The Labute approximate surface area is 594 Å². The molecule has 0 spiro atoms. The fourth-order valence-electron chi connectivity index (χ4n) is 16.6. The zero-order valence-corrected chi connectivity index (χ0v) is 63.5. The van der Waals surface area contributed by atoms with Crippen LogP contribution >= 0.6 is 0 Å². The molecule has 0 amide bonds. The number of benzene rings is 3. The standard InChI is InChI=1S/C26H31O3S.C24H33O2S.2C13H24O7S/c27-25(29-26-19-12-17-11-18(14-19)15-20(26)13-17)16-28-23-7-8-24(30-9-3-4-10-30)22-6-2-1-5-21(22)23;1-16-8-21(27-6-4-3-5-7-27)9-17(2)22(16)26-23(25)24-13-18-10-19(14-24)12-20(11-18)15-24;2*1-5-10(20-12(15)9-13(2,3)4)8-11(14)19-6-7-21(16,17)18/h1-2,5-8,17-20,26H,3-4,9-16H2;8-9,18-20H,3-7,10-15H2,1-2H3;2*10H,5-9H2,1-4H3,(H,16,17,18)/q2*+1;;/p-2. The van der Waals surface area contributed by atoms with Crippen molar-refractivity contribution in [3.05, 3.63) is 59.7 Å². The Morgan fingerprint density at radius 3 is 1.43 bits per heavy atom. The topological polar surface area (TPSA) is 281 Å². The molecule has 2 aliphatic heterocycles. The van der Waals surface area contributed by atoms with Crippen molar-refractivity contribution in [2.75, 3.05) is 54.3 Å². The highest BCUT2D eigenvalue weighted by Gasteiger charge is 2.56. The Morgan fingerprint density at radius 1 is 0.556 bits per heavy atom. The van der Waals surface area contributed by atoms with Crippen molar-refractivity contribution < 1.29 is 87.9 Å². The molecule has 552 valence electrons. The summed E-state index contributed by atoms with van der Waals surface area (Å²) in [5, 5.41) is 2.41. The van der Waals surface area contributed by atoms with Crippen LogP contribution < -0.4 is 9.47 Å². The van der Waals surface area contributed by atoms with Gasteiger partial charge in [-0.1, -0.05) is 73.6 Å². The van der Waals surface area contributed by atoms with Crippen molar-refractivity contribution in [2.24, 2.45) is 57.7 Å². The molecule has 0 N–H and O–H groups in total. The van der Waals surface area contributed by atoms with Gasteiger partial charge in [-0.2, -0.15) is 0 Å². The van der Waals surface area contributed by atoms with Crippen LogP contribution in [0.2, 0.25) is 0 Å². The van der Waals surface area contributed by atoms with Crippen molar-refractivity contribution in [3.8, 4) is 11.5 Å². The van der Waals surface area contributed by atoms with Gasteiger partial charge in [0.15, 0.2) is 16.4 Å². The van der Waals surface area contributed by atoms with Gasteiger partial charge in [0.25, 0.3) is 0 Å². The van der Waals surface area contributed by atoms with Crippen molar-refractivity contribution in [2.45, 2.75) is 239 Å². The van der Waals surface area contributed by atoms with Crippen LogP contribution in [0.15, 0.2) is 58.3 Å². The number of ether oxygens (including phenoxy) is 7. The largest absolute Gasteiger partial charge is 0.748 e. The summed E-state index contributed by atoms with van der Waals surface area (Å²) in [4.78, 5) is 75.2. The third-order valence-electron chi connectivity index (χ3n) is 20.5. The zero-order chi connectivity index (χ0) is 72.0. The second kappa shape index (κ2) is 35.5. The first kappa shape index (κ1) is 79.8. The highest BCUT2D eigenvalue weighted by molar-refractivity contribution is 7.97. The molecular formula is C76H110O19S4. The van der Waals surface area contributed by atoms with Crippen molar-refractivity contribution in [1.29, 1.82) is 0 Å². The van der Waals surface area contributed by atoms with E-state index in [4.69, 9.17) is 23.7 Å². The van der Waals surface area contributed by atoms with Gasteiger partial charge < -0.3 is 42.3 Å². The predicted molar refractivity (Wildman–Crippen MR) is 381 cm³/mol. The fraction of sp³-hybridized carbons (Fsp3) is 0.711. The second-order valence-electron chi connectivity index (χ2n) is 31.7. The fourth-order valence-corrected chi connectivity index (χ4v) is 22.2. The third kappa shape index (κ3) is 24.9. The van der Waals surface area contributed by atoms with Gasteiger partial charge in [-0.15, -0.1) is 0 Å². The maximum atomic E-state index is 13.3. The number of fused-ring (bicyclic) bond motifs is 1. The normalized spacial score (nSPS) is 25.3. The molecule has 2 saturated heterocycles. The lowest BCUT2D eigenvalue weighted by molar-refractivity contribution is -0.172. The molecule has 3 aromatic carbocycles. The highest BCUT2D eigenvalue weighted by atomic mass is 32.2. The number of aryl methyl sites for hydroxylation is 2. The molecule has 2 heterocycles. The molecule has 10 fully saturated rings. The predicted octanol–water partition coefficient (Wildman–Crippen LogP) is 13.4. The van der Waals surface area contributed by atoms with E-state index in [-0.39, 0.29) is 66.6 Å². The molecule has 23 heteroatoms. The van der Waals surface area contributed by atoms with E-state index in [0.717, 1.165) is 76.9 Å². The molecule has 0 aromatic heterocycles. The minimum Gasteiger partial charge on any atom is -0.748 e. The van der Waals surface area contributed by atoms with Crippen LogP contribution in [0, 0.1) is 71.5 Å². The van der Waals surface area contributed by atoms with Gasteiger partial charge in [0.05, 0.1) is 62.8 Å². The summed E-state index contributed by atoms with van der Waals surface area (Å²) in [6.45, 7) is 18.2. The molecule has 19 nitrogen and oxygen atoms in total. The summed E-state index contributed by atoms with van der Waals surface area (Å²) in [6, 6.07) is 17.4. The molecule has 3 aromatic rings. The van der Waals surface area contributed by atoms with Gasteiger partial charge in [-0.3, -0.25) is 24.0 Å². The smallest absolute Gasteiger partial charge is 0.344 e. The number of carbonyl (C=O) groups excluding carboxylic acids is 6. The zero-order valence-electron chi connectivity index (χ0n) is 60.2. The first-order valence-electron chi connectivity index (χ1n) is 36.2. The molecule has 8 saturated carbocycles. The Morgan fingerprint density at radius 2 is 0.990 bits per heavy atom. The Hall–Kier alpha value is -4.94. The van der Waals surface area contributed by atoms with Crippen LogP contribution in [0.3, 0.4) is 0 Å². The van der Waals surface area contributed by atoms with Gasteiger partial charge in [0.2, 0.25) is 0 Å². The van der Waals surface area contributed by atoms with E-state index in [1.807, 2.05) is 41.5 Å². The van der Waals surface area contributed by atoms with Gasteiger partial charge in [0.1, 0.15) is 66.0 Å². The lowest BCUT2D eigenvalue weighted by Crippen LogP contribution is -2.51. The quantitative estimate of drug-likeness (QED) is 0.0265. The van der Waals surface area contributed by atoms with E-state index in [2.05, 4.69) is 71.9 Å².